The molecule has 0 aromatic rings. The molecule has 0 spiro atoms. The monoisotopic (exact) mass is 334 g/mol. The van der Waals surface area contributed by atoms with Crippen molar-refractivity contribution in [1.29, 1.82) is 0 Å². The molecule has 2 atom stereocenters. The van der Waals surface area contributed by atoms with Gasteiger partial charge >= 0.3 is 0 Å². The van der Waals surface area contributed by atoms with Gasteiger partial charge in [0.1, 0.15) is 5.78 Å². The second-order valence-corrected chi connectivity index (χ2v) is 8.96. The number of carbonyl (C=O) groups is 2. The molecule has 1 aliphatic rings. The SMILES string of the molecule is CC1C=CC=C(C[C@@H](NC(=O)CC(=O)C(C)(C)C)NC(C)(C)C)C1. The quantitative estimate of drug-likeness (QED) is 0.575. The molecule has 2 N–H and O–H groups in total. The molecule has 4 nitrogen and oxygen atoms in total. The van der Waals surface area contributed by atoms with Crippen LogP contribution in [0.4, 0.5) is 0 Å². The van der Waals surface area contributed by atoms with Gasteiger partial charge in [0.15, 0.2) is 0 Å². The van der Waals surface area contributed by atoms with Crippen LogP contribution in [0.25, 0.3) is 0 Å². The number of amides is 1. The van der Waals surface area contributed by atoms with Crippen LogP contribution in [0.2, 0.25) is 0 Å². The Morgan fingerprint density at radius 3 is 2.33 bits per heavy atom. The summed E-state index contributed by atoms with van der Waals surface area (Å²) in [6, 6.07) is 0. The average Bonchev–Trinajstić information content (AvgIpc) is 2.34. The van der Waals surface area contributed by atoms with E-state index in [2.05, 4.69) is 56.6 Å². The van der Waals surface area contributed by atoms with E-state index < -0.39 is 5.41 Å². The molecule has 24 heavy (non-hydrogen) atoms. The summed E-state index contributed by atoms with van der Waals surface area (Å²) in [5.41, 5.74) is 0.702. The highest BCUT2D eigenvalue weighted by molar-refractivity contribution is 6.00. The van der Waals surface area contributed by atoms with E-state index in [0.29, 0.717) is 5.92 Å². The lowest BCUT2D eigenvalue weighted by atomic mass is 9.88. The lowest BCUT2D eigenvalue weighted by molar-refractivity contribution is -0.133. The van der Waals surface area contributed by atoms with Crippen LogP contribution < -0.4 is 10.6 Å². The molecule has 0 aliphatic heterocycles. The molecule has 0 aromatic carbocycles. The predicted octanol–water partition coefficient (Wildman–Crippen LogP) is 3.73. The van der Waals surface area contributed by atoms with Gasteiger partial charge in [0.05, 0.1) is 12.6 Å². The van der Waals surface area contributed by atoms with Gasteiger partial charge in [0.25, 0.3) is 0 Å². The molecule has 4 heteroatoms. The third kappa shape index (κ3) is 7.91. The zero-order valence-corrected chi connectivity index (χ0v) is 16.3. The topological polar surface area (TPSA) is 58.2 Å². The second kappa shape index (κ2) is 8.11. The zero-order valence-electron chi connectivity index (χ0n) is 16.3. The molecular weight excluding hydrogens is 300 g/mol. The van der Waals surface area contributed by atoms with Crippen LogP contribution in [0.5, 0.6) is 0 Å². The number of hydrogen-bond donors (Lipinski definition) is 2. The molecule has 1 rings (SSSR count). The van der Waals surface area contributed by atoms with Gasteiger partial charge in [-0.2, -0.15) is 0 Å². The normalized spacial score (nSPS) is 19.6. The van der Waals surface area contributed by atoms with Crippen molar-refractivity contribution in [2.45, 2.75) is 79.4 Å². The summed E-state index contributed by atoms with van der Waals surface area (Å²) in [5, 5.41) is 6.46. The summed E-state index contributed by atoms with van der Waals surface area (Å²) in [5.74, 6) is 0.276. The summed E-state index contributed by atoms with van der Waals surface area (Å²) < 4.78 is 0. The number of hydrogen-bond acceptors (Lipinski definition) is 3. The molecule has 0 radical (unpaired) electrons. The van der Waals surface area contributed by atoms with Crippen LogP contribution in [0.1, 0.15) is 67.7 Å². The highest BCUT2D eigenvalue weighted by atomic mass is 16.2. The molecule has 0 aromatic heterocycles. The molecule has 1 unspecified atom stereocenters. The Hall–Kier alpha value is -1.42. The van der Waals surface area contributed by atoms with E-state index >= 15 is 0 Å². The minimum absolute atomic E-state index is 0.0389. The highest BCUT2D eigenvalue weighted by Gasteiger charge is 2.26. The number of nitrogens with one attached hydrogen (secondary N) is 2. The fourth-order valence-electron chi connectivity index (χ4n) is 2.66. The Kier molecular flexibility index (Phi) is 6.97. The first-order chi connectivity index (χ1) is 10.9. The van der Waals surface area contributed by atoms with Gasteiger partial charge in [-0.05, 0) is 33.1 Å². The van der Waals surface area contributed by atoms with Crippen molar-refractivity contribution in [2.24, 2.45) is 11.3 Å². The Morgan fingerprint density at radius 2 is 1.83 bits per heavy atom. The van der Waals surface area contributed by atoms with Gasteiger partial charge in [-0.25, -0.2) is 0 Å². The van der Waals surface area contributed by atoms with E-state index in [9.17, 15) is 9.59 Å². The number of allylic oxidation sites excluding steroid dienone is 3. The van der Waals surface area contributed by atoms with Gasteiger partial charge in [-0.15, -0.1) is 0 Å². The van der Waals surface area contributed by atoms with E-state index in [-0.39, 0.29) is 29.8 Å². The second-order valence-electron chi connectivity index (χ2n) is 8.96. The highest BCUT2D eigenvalue weighted by Crippen LogP contribution is 2.22. The van der Waals surface area contributed by atoms with Crippen LogP contribution in [0.3, 0.4) is 0 Å². The van der Waals surface area contributed by atoms with Crippen molar-refractivity contribution in [3.8, 4) is 0 Å². The molecule has 0 heterocycles. The summed E-state index contributed by atoms with van der Waals surface area (Å²) >= 11 is 0. The third-order valence-electron chi connectivity index (χ3n) is 3.92. The van der Waals surface area contributed by atoms with E-state index in [4.69, 9.17) is 0 Å². The molecule has 136 valence electrons. The predicted molar refractivity (Wildman–Crippen MR) is 99.5 cm³/mol. The van der Waals surface area contributed by atoms with Gasteiger partial charge in [-0.3, -0.25) is 14.9 Å². The van der Waals surface area contributed by atoms with Gasteiger partial charge < -0.3 is 5.32 Å². The van der Waals surface area contributed by atoms with Crippen molar-refractivity contribution in [2.75, 3.05) is 0 Å². The fourth-order valence-corrected chi connectivity index (χ4v) is 2.66. The Bertz CT molecular complexity index is 519. The van der Waals surface area contributed by atoms with Crippen molar-refractivity contribution in [3.05, 3.63) is 23.8 Å². The molecule has 0 saturated heterocycles. The first-order valence-electron chi connectivity index (χ1n) is 8.83. The van der Waals surface area contributed by atoms with Crippen LogP contribution in [-0.2, 0) is 9.59 Å². The number of Topliss-reactive ketones (excluding diaryl/α,β-unsaturated/α-hetero) is 1. The molecule has 0 fully saturated rings. The van der Waals surface area contributed by atoms with E-state index in [1.54, 1.807) is 0 Å². The minimum Gasteiger partial charge on any atom is -0.340 e. The van der Waals surface area contributed by atoms with Crippen LogP contribution >= 0.6 is 0 Å². The van der Waals surface area contributed by atoms with Gasteiger partial charge in [0, 0.05) is 17.4 Å². The summed E-state index contributed by atoms with van der Waals surface area (Å²) in [6.07, 6.45) is 7.93. The molecule has 0 saturated carbocycles. The average molecular weight is 335 g/mol. The summed E-state index contributed by atoms with van der Waals surface area (Å²) in [6.45, 7) is 13.9. The van der Waals surface area contributed by atoms with Gasteiger partial charge in [-0.1, -0.05) is 51.5 Å². The maximum Gasteiger partial charge on any atom is 0.228 e. The number of carbonyl (C=O) groups excluding carboxylic acids is 2. The third-order valence-corrected chi connectivity index (χ3v) is 3.92. The zero-order chi connectivity index (χ0) is 18.5. The van der Waals surface area contributed by atoms with Gasteiger partial charge in [0.2, 0.25) is 5.91 Å². The van der Waals surface area contributed by atoms with Crippen molar-refractivity contribution >= 4 is 11.7 Å². The molecule has 0 bridgehead atoms. The summed E-state index contributed by atoms with van der Waals surface area (Å²) in [7, 11) is 0. The summed E-state index contributed by atoms with van der Waals surface area (Å²) in [4.78, 5) is 24.4. The van der Waals surface area contributed by atoms with Crippen molar-refractivity contribution in [1.82, 2.24) is 10.6 Å². The number of ketones is 1. The van der Waals surface area contributed by atoms with Crippen molar-refractivity contribution in [3.63, 3.8) is 0 Å². The fraction of sp³-hybridized carbons (Fsp3) is 0.700. The first kappa shape index (κ1) is 20.6. The van der Waals surface area contributed by atoms with E-state index in [0.717, 1.165) is 12.8 Å². The van der Waals surface area contributed by atoms with Crippen LogP contribution in [0, 0.1) is 11.3 Å². The first-order valence-corrected chi connectivity index (χ1v) is 8.83. The van der Waals surface area contributed by atoms with E-state index in [1.165, 1.54) is 5.57 Å². The van der Waals surface area contributed by atoms with E-state index in [1.807, 2.05) is 20.8 Å². The molecular formula is C20H34N2O2. The van der Waals surface area contributed by atoms with Crippen LogP contribution in [0.15, 0.2) is 23.8 Å². The Balaban J connectivity index is 2.72. The lowest BCUT2D eigenvalue weighted by Gasteiger charge is -2.31. The smallest absolute Gasteiger partial charge is 0.228 e. The largest absolute Gasteiger partial charge is 0.340 e. The number of rotatable bonds is 6. The lowest BCUT2D eigenvalue weighted by Crippen LogP contribution is -2.53. The Morgan fingerprint density at radius 1 is 1.21 bits per heavy atom. The molecule has 1 aliphatic carbocycles. The molecule has 1 amide bonds. The minimum atomic E-state index is -0.490. The maximum absolute atomic E-state index is 12.3. The van der Waals surface area contributed by atoms with Crippen molar-refractivity contribution < 1.29 is 9.59 Å². The standard InChI is InChI=1S/C20H34N2O2/c1-14-9-8-10-15(11-14)12-17(22-20(5,6)7)21-18(24)13-16(23)19(2,3)4/h8-10,14,17,22H,11-13H2,1-7H3,(H,21,24)/t14?,17-/m0/s1. The Labute approximate surface area is 147 Å². The van der Waals surface area contributed by atoms with Crippen LogP contribution in [-0.4, -0.2) is 23.4 Å². The maximum atomic E-state index is 12.3.